The molecule has 1 aliphatic rings. The molecule has 6 heteroatoms. The van der Waals surface area contributed by atoms with Crippen LogP contribution in [-0.4, -0.2) is 42.2 Å². The monoisotopic (exact) mass is 264 g/mol. The summed E-state index contributed by atoms with van der Waals surface area (Å²) in [7, 11) is 0. The first-order valence-corrected chi connectivity index (χ1v) is 6.09. The topological polar surface area (TPSA) is 87.7 Å². The van der Waals surface area contributed by atoms with Crippen LogP contribution in [0.15, 0.2) is 30.3 Å². The highest BCUT2D eigenvalue weighted by atomic mass is 16.5. The van der Waals surface area contributed by atoms with Gasteiger partial charge in [-0.1, -0.05) is 18.2 Å². The van der Waals surface area contributed by atoms with Gasteiger partial charge in [-0.2, -0.15) is 0 Å². The average Bonchev–Trinajstić information content (AvgIpc) is 2.43. The Labute approximate surface area is 110 Å². The maximum Gasteiger partial charge on any atom is 0.258 e. The molecule has 102 valence electrons. The van der Waals surface area contributed by atoms with E-state index in [-0.39, 0.29) is 31.1 Å². The van der Waals surface area contributed by atoms with E-state index < -0.39 is 6.04 Å². The minimum atomic E-state index is -0.570. The van der Waals surface area contributed by atoms with Gasteiger partial charge in [-0.25, -0.2) is 0 Å². The Bertz CT molecular complexity index is 449. The van der Waals surface area contributed by atoms with Crippen LogP contribution in [0.25, 0.3) is 0 Å². The number of ether oxygens (including phenoxy) is 1. The molecular formula is C13H16N2O4. The van der Waals surface area contributed by atoms with E-state index in [9.17, 15) is 9.59 Å². The Balaban J connectivity index is 1.76. The SMILES string of the molecule is O=C(COc1ccccc1)N[C@@H]1C(=O)N[C@@H]1CCO. The molecule has 0 saturated carbocycles. The number of para-hydroxylation sites is 1. The molecule has 0 spiro atoms. The van der Waals surface area contributed by atoms with Crippen molar-refractivity contribution in [3.63, 3.8) is 0 Å². The Kier molecular flexibility index (Phi) is 4.35. The van der Waals surface area contributed by atoms with Crippen molar-refractivity contribution < 1.29 is 19.4 Å². The third-order valence-electron chi connectivity index (χ3n) is 2.88. The van der Waals surface area contributed by atoms with Crippen molar-refractivity contribution in [2.45, 2.75) is 18.5 Å². The summed E-state index contributed by atoms with van der Waals surface area (Å²) >= 11 is 0. The lowest BCUT2D eigenvalue weighted by Crippen LogP contribution is -2.69. The van der Waals surface area contributed by atoms with Crippen molar-refractivity contribution >= 4 is 11.8 Å². The summed E-state index contributed by atoms with van der Waals surface area (Å²) in [6.07, 6.45) is 0.427. The van der Waals surface area contributed by atoms with Gasteiger partial charge in [0.15, 0.2) is 6.61 Å². The van der Waals surface area contributed by atoms with Crippen molar-refractivity contribution in [1.82, 2.24) is 10.6 Å². The van der Waals surface area contributed by atoms with Gasteiger partial charge in [-0.3, -0.25) is 9.59 Å². The molecule has 0 bridgehead atoms. The fourth-order valence-electron chi connectivity index (χ4n) is 1.87. The third kappa shape index (κ3) is 3.45. The summed E-state index contributed by atoms with van der Waals surface area (Å²) in [6.45, 7) is -0.169. The van der Waals surface area contributed by atoms with Crippen LogP contribution in [0.2, 0.25) is 0 Å². The van der Waals surface area contributed by atoms with E-state index in [1.807, 2.05) is 18.2 Å². The second-order valence-electron chi connectivity index (χ2n) is 4.27. The molecule has 1 aromatic rings. The van der Waals surface area contributed by atoms with Crippen molar-refractivity contribution in [1.29, 1.82) is 0 Å². The molecular weight excluding hydrogens is 248 g/mol. The summed E-state index contributed by atoms with van der Waals surface area (Å²) < 4.78 is 5.27. The summed E-state index contributed by atoms with van der Waals surface area (Å²) in [5.41, 5.74) is 0. The number of β-lactam (4-membered cyclic amide) rings is 1. The van der Waals surface area contributed by atoms with Crippen LogP contribution in [-0.2, 0) is 9.59 Å². The van der Waals surface area contributed by atoms with Crippen LogP contribution in [0, 0.1) is 0 Å². The molecule has 6 nitrogen and oxygen atoms in total. The predicted molar refractivity (Wildman–Crippen MR) is 67.5 cm³/mol. The molecule has 2 atom stereocenters. The first kappa shape index (κ1) is 13.4. The van der Waals surface area contributed by atoms with E-state index in [1.54, 1.807) is 12.1 Å². The van der Waals surface area contributed by atoms with Gasteiger partial charge in [0.25, 0.3) is 5.91 Å². The predicted octanol–water partition coefficient (Wildman–Crippen LogP) is -0.569. The fraction of sp³-hybridized carbons (Fsp3) is 0.385. The van der Waals surface area contributed by atoms with E-state index in [1.165, 1.54) is 0 Å². The summed E-state index contributed by atoms with van der Waals surface area (Å²) in [5, 5.41) is 14.0. The van der Waals surface area contributed by atoms with Gasteiger partial charge >= 0.3 is 0 Å². The zero-order valence-electron chi connectivity index (χ0n) is 10.3. The van der Waals surface area contributed by atoms with E-state index in [2.05, 4.69) is 10.6 Å². The molecule has 0 unspecified atom stereocenters. The summed E-state index contributed by atoms with van der Waals surface area (Å²) in [4.78, 5) is 22.9. The number of hydrogen-bond acceptors (Lipinski definition) is 4. The quantitative estimate of drug-likeness (QED) is 0.601. The van der Waals surface area contributed by atoms with Crippen LogP contribution < -0.4 is 15.4 Å². The van der Waals surface area contributed by atoms with Gasteiger partial charge in [-0.05, 0) is 18.6 Å². The third-order valence-corrected chi connectivity index (χ3v) is 2.88. The zero-order chi connectivity index (χ0) is 13.7. The summed E-state index contributed by atoms with van der Waals surface area (Å²) in [5.74, 6) is 0.0146. The molecule has 1 fully saturated rings. The highest BCUT2D eigenvalue weighted by molar-refractivity contribution is 5.93. The molecule has 0 aliphatic carbocycles. The minimum Gasteiger partial charge on any atom is -0.484 e. The van der Waals surface area contributed by atoms with Gasteiger partial charge in [0.1, 0.15) is 11.8 Å². The van der Waals surface area contributed by atoms with Crippen molar-refractivity contribution in [3.8, 4) is 5.75 Å². The van der Waals surface area contributed by atoms with E-state index in [0.717, 1.165) is 0 Å². The van der Waals surface area contributed by atoms with Crippen LogP contribution in [0.4, 0.5) is 0 Å². The maximum absolute atomic E-state index is 11.6. The minimum absolute atomic E-state index is 0.0299. The van der Waals surface area contributed by atoms with Gasteiger partial charge in [-0.15, -0.1) is 0 Å². The summed E-state index contributed by atoms with van der Waals surface area (Å²) in [6, 6.07) is 8.20. The van der Waals surface area contributed by atoms with Crippen LogP contribution in [0.1, 0.15) is 6.42 Å². The van der Waals surface area contributed by atoms with Crippen LogP contribution in [0.3, 0.4) is 0 Å². The average molecular weight is 264 g/mol. The molecule has 1 aliphatic heterocycles. The van der Waals surface area contributed by atoms with Gasteiger partial charge in [0, 0.05) is 6.61 Å². The molecule has 0 aromatic heterocycles. The standard InChI is InChI=1S/C13H16N2O4/c16-7-6-10-12(13(18)14-10)15-11(17)8-19-9-4-2-1-3-5-9/h1-5,10,12,16H,6-8H2,(H,14,18)(H,15,17)/t10-,12+/m1/s1. The van der Waals surface area contributed by atoms with Crippen LogP contribution >= 0.6 is 0 Å². The van der Waals surface area contributed by atoms with Crippen molar-refractivity contribution in [2.24, 2.45) is 0 Å². The molecule has 1 aromatic carbocycles. The van der Waals surface area contributed by atoms with Crippen LogP contribution in [0.5, 0.6) is 5.75 Å². The lowest BCUT2D eigenvalue weighted by molar-refractivity contribution is -0.137. The van der Waals surface area contributed by atoms with Gasteiger partial charge in [0.2, 0.25) is 5.91 Å². The Morgan fingerprint density at radius 3 is 2.74 bits per heavy atom. The Morgan fingerprint density at radius 1 is 1.37 bits per heavy atom. The molecule has 2 amide bonds. The highest BCUT2D eigenvalue weighted by Crippen LogP contribution is 2.10. The molecule has 3 N–H and O–H groups in total. The van der Waals surface area contributed by atoms with Gasteiger partial charge < -0.3 is 20.5 Å². The van der Waals surface area contributed by atoms with E-state index >= 15 is 0 Å². The van der Waals surface area contributed by atoms with E-state index in [4.69, 9.17) is 9.84 Å². The number of carbonyl (C=O) groups is 2. The molecule has 1 saturated heterocycles. The highest BCUT2D eigenvalue weighted by Gasteiger charge is 2.39. The molecule has 1 heterocycles. The lowest BCUT2D eigenvalue weighted by atomic mass is 9.96. The number of aliphatic hydroxyl groups is 1. The number of hydrogen-bond donors (Lipinski definition) is 3. The Hall–Kier alpha value is -2.08. The first-order chi connectivity index (χ1) is 9.20. The number of aliphatic hydroxyl groups excluding tert-OH is 1. The lowest BCUT2D eigenvalue weighted by Gasteiger charge is -2.36. The number of carbonyl (C=O) groups excluding carboxylic acids is 2. The zero-order valence-corrected chi connectivity index (χ0v) is 10.3. The normalized spacial score (nSPS) is 21.2. The van der Waals surface area contributed by atoms with E-state index in [0.29, 0.717) is 12.2 Å². The van der Waals surface area contributed by atoms with Crippen molar-refractivity contribution in [2.75, 3.05) is 13.2 Å². The maximum atomic E-state index is 11.6. The molecule has 2 rings (SSSR count). The largest absolute Gasteiger partial charge is 0.484 e. The second-order valence-corrected chi connectivity index (χ2v) is 4.27. The molecule has 0 radical (unpaired) electrons. The Morgan fingerprint density at radius 2 is 2.11 bits per heavy atom. The first-order valence-electron chi connectivity index (χ1n) is 6.09. The van der Waals surface area contributed by atoms with Crippen molar-refractivity contribution in [3.05, 3.63) is 30.3 Å². The smallest absolute Gasteiger partial charge is 0.258 e. The molecule has 19 heavy (non-hydrogen) atoms. The number of rotatable bonds is 6. The second kappa shape index (κ2) is 6.19. The number of amides is 2. The number of nitrogens with one attached hydrogen (secondary N) is 2. The van der Waals surface area contributed by atoms with Gasteiger partial charge in [0.05, 0.1) is 6.04 Å². The number of benzene rings is 1. The fourth-order valence-corrected chi connectivity index (χ4v) is 1.87.